The van der Waals surface area contributed by atoms with Crippen molar-refractivity contribution in [2.24, 2.45) is 0 Å². The van der Waals surface area contributed by atoms with Gasteiger partial charge in [0.15, 0.2) is 0 Å². The highest BCUT2D eigenvalue weighted by Gasteiger charge is 2.26. The van der Waals surface area contributed by atoms with Gasteiger partial charge < -0.3 is 0 Å². The molecule has 1 aromatic rings. The lowest BCUT2D eigenvalue weighted by atomic mass is 10.7. The van der Waals surface area contributed by atoms with Gasteiger partial charge in [-0.1, -0.05) is 37.0 Å². The van der Waals surface area contributed by atoms with Gasteiger partial charge >= 0.3 is 0 Å². The third-order valence-electron chi connectivity index (χ3n) is 1.95. The van der Waals surface area contributed by atoms with Gasteiger partial charge in [-0.2, -0.15) is 4.31 Å². The van der Waals surface area contributed by atoms with Crippen LogP contribution in [0.15, 0.2) is 11.0 Å². The first kappa shape index (κ1) is 13.3. The van der Waals surface area contributed by atoms with Gasteiger partial charge in [0.05, 0.1) is 4.34 Å². The van der Waals surface area contributed by atoms with E-state index in [1.807, 2.05) is 0 Å². The summed E-state index contributed by atoms with van der Waals surface area (Å²) in [6.07, 6.45) is 0. The molecule has 0 atom stereocenters. The number of thiophene rings is 1. The van der Waals surface area contributed by atoms with Crippen molar-refractivity contribution in [1.29, 1.82) is 0 Å². The van der Waals surface area contributed by atoms with Gasteiger partial charge in [-0.05, 0) is 6.07 Å². The summed E-state index contributed by atoms with van der Waals surface area (Å²) >= 11 is 12.6. The lowest BCUT2D eigenvalue weighted by Gasteiger charge is -2.17. The highest BCUT2D eigenvalue weighted by Crippen LogP contribution is 2.35. The Bertz CT molecular complexity index is 437. The van der Waals surface area contributed by atoms with E-state index in [9.17, 15) is 8.42 Å². The van der Waals surface area contributed by atoms with E-state index in [0.29, 0.717) is 17.4 Å². The van der Waals surface area contributed by atoms with Crippen molar-refractivity contribution in [3.05, 3.63) is 14.7 Å². The number of sulfonamides is 1. The second-order valence-electron chi connectivity index (χ2n) is 2.78. The van der Waals surface area contributed by atoms with Crippen LogP contribution in [0.2, 0.25) is 8.67 Å². The summed E-state index contributed by atoms with van der Waals surface area (Å²) < 4.78 is 26.0. The van der Waals surface area contributed by atoms with Crippen LogP contribution in [0.3, 0.4) is 0 Å². The molecule has 0 spiro atoms. The van der Waals surface area contributed by atoms with Crippen LogP contribution in [0.5, 0.6) is 0 Å². The third kappa shape index (κ3) is 2.65. The minimum absolute atomic E-state index is 0.0999. The molecular weight excluding hydrogens is 277 g/mol. The Balaban J connectivity index is 3.22. The molecule has 7 heteroatoms. The molecule has 0 N–H and O–H groups in total. The van der Waals surface area contributed by atoms with Crippen LogP contribution in [-0.2, 0) is 10.0 Å². The summed E-state index contributed by atoms with van der Waals surface area (Å²) in [6.45, 7) is 4.40. The SMILES string of the molecule is CCN(CC)S(=O)(=O)c1cc(Cl)sc1Cl. The van der Waals surface area contributed by atoms with Crippen LogP contribution >= 0.6 is 34.5 Å². The molecule has 0 aliphatic heterocycles. The quantitative estimate of drug-likeness (QED) is 0.853. The molecule has 0 saturated heterocycles. The van der Waals surface area contributed by atoms with Gasteiger partial charge in [0.25, 0.3) is 0 Å². The van der Waals surface area contributed by atoms with Crippen molar-refractivity contribution < 1.29 is 8.42 Å². The molecular formula is C8H11Cl2NO2S2. The van der Waals surface area contributed by atoms with Crippen LogP contribution in [-0.4, -0.2) is 25.8 Å². The van der Waals surface area contributed by atoms with Crippen LogP contribution in [0.4, 0.5) is 0 Å². The van der Waals surface area contributed by atoms with Crippen LogP contribution in [0.25, 0.3) is 0 Å². The summed E-state index contributed by atoms with van der Waals surface area (Å²) in [4.78, 5) is 0.0999. The Hall–Kier alpha value is 0.190. The van der Waals surface area contributed by atoms with E-state index in [0.717, 1.165) is 11.3 Å². The molecule has 1 aromatic heterocycles. The van der Waals surface area contributed by atoms with Crippen molar-refractivity contribution in [1.82, 2.24) is 4.31 Å². The molecule has 1 rings (SSSR count). The maximum Gasteiger partial charge on any atom is 0.245 e. The third-order valence-corrected chi connectivity index (χ3v) is 5.75. The molecule has 3 nitrogen and oxygen atoms in total. The first-order chi connectivity index (χ1) is 6.93. The number of halogens is 2. The maximum absolute atomic E-state index is 12.0. The average Bonchev–Trinajstić information content (AvgIpc) is 2.47. The predicted molar refractivity (Wildman–Crippen MR) is 64.4 cm³/mol. The maximum atomic E-state index is 12.0. The van der Waals surface area contributed by atoms with Crippen molar-refractivity contribution >= 4 is 44.6 Å². The van der Waals surface area contributed by atoms with E-state index in [2.05, 4.69) is 0 Å². The number of nitrogens with zero attached hydrogens (tertiary/aromatic N) is 1. The van der Waals surface area contributed by atoms with Crippen LogP contribution in [0.1, 0.15) is 13.8 Å². The summed E-state index contributed by atoms with van der Waals surface area (Å²) in [5, 5.41) is 0. The van der Waals surface area contributed by atoms with Crippen molar-refractivity contribution in [3.63, 3.8) is 0 Å². The minimum atomic E-state index is -3.48. The molecule has 0 aromatic carbocycles. The van der Waals surface area contributed by atoms with Gasteiger partial charge in [-0.3, -0.25) is 0 Å². The van der Waals surface area contributed by atoms with Gasteiger partial charge in [-0.25, -0.2) is 8.42 Å². The molecule has 0 fully saturated rings. The molecule has 0 saturated carbocycles. The van der Waals surface area contributed by atoms with Crippen LogP contribution in [0, 0.1) is 0 Å². The summed E-state index contributed by atoms with van der Waals surface area (Å²) in [5.41, 5.74) is 0. The molecule has 15 heavy (non-hydrogen) atoms. The summed E-state index contributed by atoms with van der Waals surface area (Å²) in [7, 11) is -3.48. The monoisotopic (exact) mass is 287 g/mol. The van der Waals surface area contributed by atoms with Crippen molar-refractivity contribution in [2.75, 3.05) is 13.1 Å². The normalized spacial score (nSPS) is 12.3. The van der Waals surface area contributed by atoms with E-state index < -0.39 is 10.0 Å². The molecule has 86 valence electrons. The summed E-state index contributed by atoms with van der Waals surface area (Å²) in [6, 6.07) is 1.39. The Morgan fingerprint density at radius 3 is 2.20 bits per heavy atom. The number of rotatable bonds is 4. The van der Waals surface area contributed by atoms with E-state index in [-0.39, 0.29) is 9.23 Å². The Morgan fingerprint density at radius 2 is 1.87 bits per heavy atom. The Kier molecular flexibility index (Phi) is 4.43. The predicted octanol–water partition coefficient (Wildman–Crippen LogP) is 3.09. The smallest absolute Gasteiger partial charge is 0.207 e. The zero-order chi connectivity index (χ0) is 11.6. The lowest BCUT2D eigenvalue weighted by Crippen LogP contribution is -2.30. The zero-order valence-corrected chi connectivity index (χ0v) is 11.5. The first-order valence-electron chi connectivity index (χ1n) is 4.38. The molecule has 0 bridgehead atoms. The second-order valence-corrected chi connectivity index (χ2v) is 6.97. The number of hydrogen-bond donors (Lipinski definition) is 0. The second kappa shape index (κ2) is 5.01. The van der Waals surface area contributed by atoms with Gasteiger partial charge in [0.1, 0.15) is 9.23 Å². The van der Waals surface area contributed by atoms with E-state index >= 15 is 0 Å². The van der Waals surface area contributed by atoms with Crippen molar-refractivity contribution in [2.45, 2.75) is 18.7 Å². The van der Waals surface area contributed by atoms with E-state index in [4.69, 9.17) is 23.2 Å². The van der Waals surface area contributed by atoms with Crippen LogP contribution < -0.4 is 0 Å². The Morgan fingerprint density at radius 1 is 1.33 bits per heavy atom. The fraction of sp³-hybridized carbons (Fsp3) is 0.500. The Labute approximate surface area is 104 Å². The highest BCUT2D eigenvalue weighted by molar-refractivity contribution is 7.89. The van der Waals surface area contributed by atoms with E-state index in [1.54, 1.807) is 13.8 Å². The number of hydrogen-bond acceptors (Lipinski definition) is 3. The van der Waals surface area contributed by atoms with E-state index in [1.165, 1.54) is 10.4 Å². The molecule has 0 aliphatic rings. The van der Waals surface area contributed by atoms with Gasteiger partial charge in [0.2, 0.25) is 10.0 Å². The average molecular weight is 288 g/mol. The fourth-order valence-corrected chi connectivity index (χ4v) is 4.77. The largest absolute Gasteiger partial charge is 0.245 e. The zero-order valence-electron chi connectivity index (χ0n) is 8.33. The molecule has 0 radical (unpaired) electrons. The topological polar surface area (TPSA) is 37.4 Å². The van der Waals surface area contributed by atoms with Gasteiger partial charge in [0, 0.05) is 13.1 Å². The van der Waals surface area contributed by atoms with Gasteiger partial charge in [-0.15, -0.1) is 11.3 Å². The first-order valence-corrected chi connectivity index (χ1v) is 7.39. The molecule has 0 unspecified atom stereocenters. The fourth-order valence-electron chi connectivity index (χ4n) is 1.20. The molecule has 0 aliphatic carbocycles. The lowest BCUT2D eigenvalue weighted by molar-refractivity contribution is 0.445. The van der Waals surface area contributed by atoms with Crippen molar-refractivity contribution in [3.8, 4) is 0 Å². The standard InChI is InChI=1S/C8H11Cl2NO2S2/c1-3-11(4-2)15(12,13)6-5-7(9)14-8(6)10/h5H,3-4H2,1-2H3. The minimum Gasteiger partial charge on any atom is -0.207 e. The molecule has 1 heterocycles. The summed E-state index contributed by atoms with van der Waals surface area (Å²) in [5.74, 6) is 0. The highest BCUT2D eigenvalue weighted by atomic mass is 35.5. The molecule has 0 amide bonds.